The molecule has 0 aromatic carbocycles. The highest BCUT2D eigenvalue weighted by Gasteiger charge is 2.45. The zero-order valence-corrected chi connectivity index (χ0v) is 11.0. The van der Waals surface area contributed by atoms with Gasteiger partial charge in [0.15, 0.2) is 5.78 Å². The fourth-order valence-electron chi connectivity index (χ4n) is 3.43. The van der Waals surface area contributed by atoms with Crippen LogP contribution >= 0.6 is 0 Å². The summed E-state index contributed by atoms with van der Waals surface area (Å²) < 4.78 is 16.9. The Labute approximate surface area is 108 Å². The number of carbonyl (C=O) groups is 1. The molecule has 0 aromatic heterocycles. The molecule has 18 heavy (non-hydrogen) atoms. The second-order valence-corrected chi connectivity index (χ2v) is 5.98. The quantitative estimate of drug-likeness (QED) is 0.750. The van der Waals surface area contributed by atoms with E-state index < -0.39 is 0 Å². The van der Waals surface area contributed by atoms with Gasteiger partial charge in [0.05, 0.1) is 12.2 Å². The Hall–Kier alpha value is -0.450. The van der Waals surface area contributed by atoms with E-state index >= 15 is 0 Å². The highest BCUT2D eigenvalue weighted by molar-refractivity contribution is 5.86. The molecule has 0 N–H and O–H groups in total. The van der Waals surface area contributed by atoms with Gasteiger partial charge in [-0.2, -0.15) is 0 Å². The van der Waals surface area contributed by atoms with Gasteiger partial charge >= 0.3 is 0 Å². The molecule has 0 bridgehead atoms. The zero-order chi connectivity index (χ0) is 12.6. The van der Waals surface area contributed by atoms with Crippen molar-refractivity contribution in [2.45, 2.75) is 44.3 Å². The predicted octanol–water partition coefficient (Wildman–Crippen LogP) is 1.57. The van der Waals surface area contributed by atoms with Crippen molar-refractivity contribution < 1.29 is 19.0 Å². The highest BCUT2D eigenvalue weighted by atomic mass is 16.6. The average Bonchev–Trinajstić information content (AvgIpc) is 2.98. The van der Waals surface area contributed by atoms with Crippen LogP contribution in [0.3, 0.4) is 0 Å². The van der Waals surface area contributed by atoms with E-state index in [1.165, 1.54) is 0 Å². The summed E-state index contributed by atoms with van der Waals surface area (Å²) in [6.45, 7) is 4.94. The summed E-state index contributed by atoms with van der Waals surface area (Å²) in [6.07, 6.45) is 3.42. The number of hydrogen-bond acceptors (Lipinski definition) is 4. The Morgan fingerprint density at radius 1 is 1.22 bits per heavy atom. The van der Waals surface area contributed by atoms with Gasteiger partial charge in [-0.15, -0.1) is 0 Å². The maximum absolute atomic E-state index is 12.5. The van der Waals surface area contributed by atoms with Crippen LogP contribution in [0.1, 0.15) is 32.6 Å². The van der Waals surface area contributed by atoms with Gasteiger partial charge in [-0.1, -0.05) is 6.92 Å². The van der Waals surface area contributed by atoms with Crippen molar-refractivity contribution in [2.75, 3.05) is 26.4 Å². The maximum Gasteiger partial charge on any atom is 0.165 e. The van der Waals surface area contributed by atoms with Crippen molar-refractivity contribution in [1.82, 2.24) is 0 Å². The van der Waals surface area contributed by atoms with Crippen molar-refractivity contribution in [3.05, 3.63) is 0 Å². The summed E-state index contributed by atoms with van der Waals surface area (Å²) in [4.78, 5) is 12.5. The molecule has 4 nitrogen and oxygen atoms in total. The SMILES string of the molecule is CC1CCOC1C(=O)C1CCOC2(CCOC2)C1. The molecule has 102 valence electrons. The molecule has 4 unspecified atom stereocenters. The summed E-state index contributed by atoms with van der Waals surface area (Å²) in [6, 6.07) is 0. The molecule has 3 fully saturated rings. The molecule has 4 heteroatoms. The molecule has 3 aliphatic heterocycles. The van der Waals surface area contributed by atoms with Crippen molar-refractivity contribution in [3.63, 3.8) is 0 Å². The summed E-state index contributed by atoms with van der Waals surface area (Å²) in [5.74, 6) is 0.775. The zero-order valence-electron chi connectivity index (χ0n) is 11.0. The third-order valence-electron chi connectivity index (χ3n) is 4.63. The molecule has 3 rings (SSSR count). The number of ether oxygens (including phenoxy) is 3. The van der Waals surface area contributed by atoms with E-state index in [1.54, 1.807) is 0 Å². The average molecular weight is 254 g/mol. The predicted molar refractivity (Wildman–Crippen MR) is 65.4 cm³/mol. The van der Waals surface area contributed by atoms with Crippen LogP contribution in [-0.4, -0.2) is 43.9 Å². The first-order valence-corrected chi connectivity index (χ1v) is 7.07. The minimum absolute atomic E-state index is 0.103. The van der Waals surface area contributed by atoms with Gasteiger partial charge in [-0.05, 0) is 25.2 Å². The van der Waals surface area contributed by atoms with Crippen molar-refractivity contribution in [2.24, 2.45) is 11.8 Å². The fourth-order valence-corrected chi connectivity index (χ4v) is 3.43. The smallest absolute Gasteiger partial charge is 0.165 e. The van der Waals surface area contributed by atoms with E-state index in [-0.39, 0.29) is 17.6 Å². The van der Waals surface area contributed by atoms with Gasteiger partial charge in [-0.3, -0.25) is 4.79 Å². The van der Waals surface area contributed by atoms with E-state index in [0.29, 0.717) is 24.9 Å². The first kappa shape index (κ1) is 12.6. The van der Waals surface area contributed by atoms with Gasteiger partial charge in [0.2, 0.25) is 0 Å². The number of carbonyl (C=O) groups excluding carboxylic acids is 1. The molecule has 0 aromatic rings. The van der Waals surface area contributed by atoms with Crippen LogP contribution < -0.4 is 0 Å². The van der Waals surface area contributed by atoms with E-state index in [1.807, 2.05) is 0 Å². The molecule has 0 saturated carbocycles. The molecular formula is C14H22O4. The topological polar surface area (TPSA) is 44.8 Å². The van der Waals surface area contributed by atoms with Crippen LogP contribution in [0.15, 0.2) is 0 Å². The van der Waals surface area contributed by atoms with Gasteiger partial charge < -0.3 is 14.2 Å². The van der Waals surface area contributed by atoms with Gasteiger partial charge in [0.25, 0.3) is 0 Å². The van der Waals surface area contributed by atoms with Crippen LogP contribution in [0.5, 0.6) is 0 Å². The summed E-state index contributed by atoms with van der Waals surface area (Å²) in [5.41, 5.74) is -0.180. The second kappa shape index (κ2) is 4.91. The lowest BCUT2D eigenvalue weighted by Gasteiger charge is -2.37. The number of rotatable bonds is 2. The number of hydrogen-bond donors (Lipinski definition) is 0. The second-order valence-electron chi connectivity index (χ2n) is 5.98. The lowest BCUT2D eigenvalue weighted by atomic mass is 9.80. The summed E-state index contributed by atoms with van der Waals surface area (Å²) in [5, 5.41) is 0. The first-order valence-electron chi connectivity index (χ1n) is 7.07. The third kappa shape index (κ3) is 2.22. The number of ketones is 1. The lowest BCUT2D eigenvalue weighted by molar-refractivity contribution is -0.146. The Morgan fingerprint density at radius 2 is 2.11 bits per heavy atom. The monoisotopic (exact) mass is 254 g/mol. The molecule has 0 radical (unpaired) electrons. The van der Waals surface area contributed by atoms with E-state index in [0.717, 1.165) is 38.9 Å². The van der Waals surface area contributed by atoms with E-state index in [2.05, 4.69) is 6.92 Å². The molecule has 0 aliphatic carbocycles. The summed E-state index contributed by atoms with van der Waals surface area (Å²) >= 11 is 0. The molecule has 3 aliphatic rings. The van der Waals surface area contributed by atoms with Crippen LogP contribution in [0, 0.1) is 11.8 Å². The molecule has 3 heterocycles. The van der Waals surface area contributed by atoms with Crippen LogP contribution in [0.4, 0.5) is 0 Å². The van der Waals surface area contributed by atoms with Crippen molar-refractivity contribution in [1.29, 1.82) is 0 Å². The molecular weight excluding hydrogens is 232 g/mol. The van der Waals surface area contributed by atoms with Crippen LogP contribution in [-0.2, 0) is 19.0 Å². The van der Waals surface area contributed by atoms with Crippen molar-refractivity contribution in [3.8, 4) is 0 Å². The van der Waals surface area contributed by atoms with Crippen molar-refractivity contribution >= 4 is 5.78 Å². The summed E-state index contributed by atoms with van der Waals surface area (Å²) in [7, 11) is 0. The normalized spacial score (nSPS) is 44.6. The first-order chi connectivity index (χ1) is 8.70. The minimum atomic E-state index is -0.180. The Bertz CT molecular complexity index is 322. The third-order valence-corrected chi connectivity index (χ3v) is 4.63. The fraction of sp³-hybridized carbons (Fsp3) is 0.929. The van der Waals surface area contributed by atoms with Gasteiger partial charge in [-0.25, -0.2) is 0 Å². The van der Waals surface area contributed by atoms with Gasteiger partial charge in [0.1, 0.15) is 6.10 Å². The minimum Gasteiger partial charge on any atom is -0.378 e. The standard InChI is InChI=1S/C14H22O4/c1-10-2-5-17-13(10)12(15)11-3-6-18-14(8-11)4-7-16-9-14/h10-11,13H,2-9H2,1H3. The Morgan fingerprint density at radius 3 is 2.78 bits per heavy atom. The highest BCUT2D eigenvalue weighted by Crippen LogP contribution is 2.38. The van der Waals surface area contributed by atoms with E-state index in [9.17, 15) is 4.79 Å². The maximum atomic E-state index is 12.5. The molecule has 0 amide bonds. The molecule has 1 spiro atoms. The molecule has 3 saturated heterocycles. The number of Topliss-reactive ketones (excluding diaryl/α,β-unsaturated/α-hetero) is 1. The van der Waals surface area contributed by atoms with Gasteiger partial charge in [0, 0.05) is 32.2 Å². The van der Waals surface area contributed by atoms with Crippen LogP contribution in [0.2, 0.25) is 0 Å². The van der Waals surface area contributed by atoms with E-state index in [4.69, 9.17) is 14.2 Å². The Balaban J connectivity index is 1.66. The lowest BCUT2D eigenvalue weighted by Crippen LogP contribution is -2.45. The Kier molecular flexibility index (Phi) is 3.43. The largest absolute Gasteiger partial charge is 0.378 e. The molecule has 4 atom stereocenters. The van der Waals surface area contributed by atoms with Crippen LogP contribution in [0.25, 0.3) is 0 Å².